The number of aliphatic imine (C=N–C) groups is 1. The number of carboxylic acid groups (broad SMARTS) is 1. The Balaban J connectivity index is 1.72. The molecule has 0 saturated heterocycles. The third-order valence-electron chi connectivity index (χ3n) is 8.84. The van der Waals surface area contributed by atoms with E-state index < -0.39 is 11.6 Å². The van der Waals surface area contributed by atoms with Crippen LogP contribution in [0.3, 0.4) is 0 Å². The lowest BCUT2D eigenvalue weighted by Crippen LogP contribution is -2.51. The zero-order valence-corrected chi connectivity index (χ0v) is 27.0. The summed E-state index contributed by atoms with van der Waals surface area (Å²) in [5.41, 5.74) is 1.95. The topological polar surface area (TPSA) is 112 Å². The second kappa shape index (κ2) is 12.8. The molecular weight excluding hydrogens is 564 g/mol. The number of aliphatic carboxylic acids is 1. The predicted molar refractivity (Wildman–Crippen MR) is 169 cm³/mol. The third kappa shape index (κ3) is 7.83. The molecule has 232 valence electrons. The summed E-state index contributed by atoms with van der Waals surface area (Å²) in [5.74, 6) is -0.873. The van der Waals surface area contributed by atoms with E-state index in [0.717, 1.165) is 44.1 Å². The maximum atomic E-state index is 14.5. The molecule has 2 aromatic rings. The van der Waals surface area contributed by atoms with Gasteiger partial charge in [0.05, 0.1) is 17.5 Å². The van der Waals surface area contributed by atoms with Gasteiger partial charge in [-0.05, 0) is 79.0 Å². The summed E-state index contributed by atoms with van der Waals surface area (Å²) in [6.45, 7) is 13.5. The average molecular weight is 609 g/mol. The van der Waals surface area contributed by atoms with Gasteiger partial charge in [-0.3, -0.25) is 24.4 Å². The minimum absolute atomic E-state index is 0.0443. The highest BCUT2D eigenvalue weighted by molar-refractivity contribution is 6.47. The number of hydrogen-bond acceptors (Lipinski definition) is 5. The summed E-state index contributed by atoms with van der Waals surface area (Å²) >= 11 is 6.30. The number of hydrogen-bond donors (Lipinski definition) is 2. The molecule has 2 heterocycles. The van der Waals surface area contributed by atoms with Gasteiger partial charge >= 0.3 is 5.97 Å². The van der Waals surface area contributed by atoms with Gasteiger partial charge in [0.2, 0.25) is 0 Å². The van der Waals surface area contributed by atoms with Gasteiger partial charge in [0.1, 0.15) is 11.4 Å². The van der Waals surface area contributed by atoms with E-state index in [9.17, 15) is 14.4 Å². The van der Waals surface area contributed by atoms with E-state index in [4.69, 9.17) is 21.7 Å². The Labute approximate surface area is 260 Å². The van der Waals surface area contributed by atoms with Gasteiger partial charge in [0.25, 0.3) is 11.8 Å². The molecule has 1 atom stereocenters. The Bertz CT molecular complexity index is 1370. The summed E-state index contributed by atoms with van der Waals surface area (Å²) in [6, 6.07) is 8.84. The van der Waals surface area contributed by atoms with Gasteiger partial charge in [0.15, 0.2) is 0 Å². The van der Waals surface area contributed by atoms with Gasteiger partial charge in [-0.2, -0.15) is 0 Å². The first kappa shape index (κ1) is 32.6. The number of nitrogens with one attached hydrogen (secondary N) is 1. The van der Waals surface area contributed by atoms with Crippen LogP contribution < -0.4 is 5.32 Å². The highest BCUT2D eigenvalue weighted by Crippen LogP contribution is 2.50. The van der Waals surface area contributed by atoms with Crippen molar-refractivity contribution >= 4 is 35.1 Å². The van der Waals surface area contributed by atoms with Crippen molar-refractivity contribution in [3.63, 3.8) is 0 Å². The number of halogens is 1. The summed E-state index contributed by atoms with van der Waals surface area (Å²) in [6.07, 6.45) is 8.18. The normalized spacial score (nSPS) is 21.6. The Morgan fingerprint density at radius 3 is 2.30 bits per heavy atom. The van der Waals surface area contributed by atoms with Crippen molar-refractivity contribution in [2.45, 2.75) is 98.2 Å². The Hall–Kier alpha value is -3.26. The molecule has 1 spiro atoms. The fraction of sp³-hybridized carbons (Fsp3) is 0.559. The second-order valence-corrected chi connectivity index (χ2v) is 14.7. The Morgan fingerprint density at radius 2 is 1.74 bits per heavy atom. The van der Waals surface area contributed by atoms with Crippen molar-refractivity contribution in [1.82, 2.24) is 15.2 Å². The number of carboxylic acids is 1. The molecule has 1 aromatic heterocycles. The largest absolute Gasteiger partial charge is 0.481 e. The lowest BCUT2D eigenvalue weighted by Gasteiger charge is -2.47. The maximum Gasteiger partial charge on any atom is 0.305 e. The maximum absolute atomic E-state index is 14.5. The molecule has 0 radical (unpaired) electrons. The highest BCUT2D eigenvalue weighted by Gasteiger charge is 2.52. The van der Waals surface area contributed by atoms with Crippen molar-refractivity contribution in [2.75, 3.05) is 6.54 Å². The molecule has 2 amide bonds. The van der Waals surface area contributed by atoms with E-state index in [-0.39, 0.29) is 41.7 Å². The molecule has 1 aliphatic carbocycles. The molecule has 4 rings (SSSR count). The quantitative estimate of drug-likeness (QED) is 0.316. The van der Waals surface area contributed by atoms with E-state index in [1.54, 1.807) is 30.6 Å². The Kier molecular flexibility index (Phi) is 9.69. The van der Waals surface area contributed by atoms with E-state index in [2.05, 4.69) is 51.8 Å². The van der Waals surface area contributed by atoms with Crippen molar-refractivity contribution in [3.05, 3.63) is 64.4 Å². The summed E-state index contributed by atoms with van der Waals surface area (Å²) in [4.78, 5) is 49.5. The number of aromatic nitrogens is 1. The zero-order valence-electron chi connectivity index (χ0n) is 26.2. The van der Waals surface area contributed by atoms with Crippen LogP contribution in [-0.4, -0.2) is 50.7 Å². The van der Waals surface area contributed by atoms with Gasteiger partial charge in [-0.1, -0.05) is 65.3 Å². The fourth-order valence-electron chi connectivity index (χ4n) is 6.33. The first-order chi connectivity index (χ1) is 20.1. The van der Waals surface area contributed by atoms with Crippen LogP contribution in [0.25, 0.3) is 0 Å². The smallest absolute Gasteiger partial charge is 0.305 e. The van der Waals surface area contributed by atoms with Crippen LogP contribution in [-0.2, 0) is 9.59 Å². The van der Waals surface area contributed by atoms with Crippen molar-refractivity contribution in [2.24, 2.45) is 21.7 Å². The van der Waals surface area contributed by atoms with Crippen LogP contribution in [0.15, 0.2) is 47.7 Å². The third-order valence-corrected chi connectivity index (χ3v) is 9.05. The first-order valence-corrected chi connectivity index (χ1v) is 15.6. The number of benzene rings is 1. The zero-order chi connectivity index (χ0) is 31.6. The number of carbonyl (C=O) groups is 3. The molecule has 1 saturated carbocycles. The van der Waals surface area contributed by atoms with Crippen molar-refractivity contribution < 1.29 is 19.5 Å². The molecule has 1 fully saturated rings. The van der Waals surface area contributed by atoms with E-state index >= 15 is 0 Å². The molecule has 8 nitrogen and oxygen atoms in total. The van der Waals surface area contributed by atoms with Gasteiger partial charge in [-0.15, -0.1) is 0 Å². The molecule has 0 bridgehead atoms. The number of amides is 2. The second-order valence-electron chi connectivity index (χ2n) is 14.3. The van der Waals surface area contributed by atoms with E-state index in [1.807, 2.05) is 17.0 Å². The summed E-state index contributed by atoms with van der Waals surface area (Å²) in [7, 11) is 0. The van der Waals surface area contributed by atoms with E-state index in [1.165, 1.54) is 0 Å². The molecule has 1 aromatic carbocycles. The lowest BCUT2D eigenvalue weighted by molar-refractivity contribution is -0.137. The average Bonchev–Trinajstić information content (AvgIpc) is 3.19. The summed E-state index contributed by atoms with van der Waals surface area (Å²) in [5, 5.41) is 12.0. The number of rotatable bonds is 9. The van der Waals surface area contributed by atoms with Gasteiger partial charge in [-0.25, -0.2) is 0 Å². The molecule has 2 aliphatic rings. The van der Waals surface area contributed by atoms with Crippen LogP contribution in [0.2, 0.25) is 5.02 Å². The minimum Gasteiger partial charge on any atom is -0.481 e. The standard InChI is InChI=1S/C34H45ClN4O4/c1-32(2,3)15-13-27(22-7-9-23(10-8-22)30(42)37-18-14-28(40)41)39-31(43)29(24-19-26(35)21-36-20-24)38-34(39)16-11-25(12-17-34)33(4,5)6/h7-10,19-21,25,27H,11-18H2,1-6H3,(H,37,42)(H,40,41). The Morgan fingerprint density at radius 1 is 1.09 bits per heavy atom. The van der Waals surface area contributed by atoms with Crippen molar-refractivity contribution in [3.8, 4) is 0 Å². The lowest BCUT2D eigenvalue weighted by atomic mass is 9.69. The number of carbonyl (C=O) groups excluding carboxylic acids is 2. The molecule has 1 aliphatic heterocycles. The van der Waals surface area contributed by atoms with Crippen LogP contribution in [0.1, 0.15) is 114 Å². The van der Waals surface area contributed by atoms with Gasteiger partial charge < -0.3 is 15.3 Å². The summed E-state index contributed by atoms with van der Waals surface area (Å²) < 4.78 is 0. The highest BCUT2D eigenvalue weighted by atomic mass is 35.5. The van der Waals surface area contributed by atoms with Crippen LogP contribution in [0.4, 0.5) is 0 Å². The molecule has 9 heteroatoms. The first-order valence-electron chi connectivity index (χ1n) is 15.2. The number of pyridine rings is 1. The van der Waals surface area contributed by atoms with Crippen LogP contribution in [0.5, 0.6) is 0 Å². The van der Waals surface area contributed by atoms with Crippen LogP contribution in [0, 0.1) is 16.7 Å². The molecule has 43 heavy (non-hydrogen) atoms. The SMILES string of the molecule is CC(C)(C)CCC(c1ccc(C(=O)NCCC(=O)O)cc1)N1C(=O)C(c2cncc(Cl)c2)=NC12CCC(C(C)(C)C)CC2. The van der Waals surface area contributed by atoms with E-state index in [0.29, 0.717) is 27.8 Å². The minimum atomic E-state index is -0.965. The monoisotopic (exact) mass is 608 g/mol. The predicted octanol–water partition coefficient (Wildman–Crippen LogP) is 7.07. The van der Waals surface area contributed by atoms with Crippen LogP contribution >= 0.6 is 11.6 Å². The molecular formula is C34H45ClN4O4. The molecule has 2 N–H and O–H groups in total. The molecule has 1 unspecified atom stereocenters. The number of nitrogens with zero attached hydrogens (tertiary/aromatic N) is 3. The van der Waals surface area contributed by atoms with Crippen molar-refractivity contribution in [1.29, 1.82) is 0 Å². The van der Waals surface area contributed by atoms with Gasteiger partial charge in [0, 0.05) is 30.1 Å². The fourth-order valence-corrected chi connectivity index (χ4v) is 6.50.